The van der Waals surface area contributed by atoms with E-state index in [4.69, 9.17) is 5.26 Å². The predicted octanol–water partition coefficient (Wildman–Crippen LogP) is 2.78. The van der Waals surface area contributed by atoms with Crippen molar-refractivity contribution >= 4 is 35.0 Å². The molecule has 2 aromatic carbocycles. The SMILES string of the molecule is N#Cc1ccccc1NC(=O)Cc1ccc2c(c1)NC(=O)CS2. The molecule has 0 fully saturated rings. The summed E-state index contributed by atoms with van der Waals surface area (Å²) >= 11 is 1.48. The highest BCUT2D eigenvalue weighted by molar-refractivity contribution is 8.00. The number of nitrogens with zero attached hydrogens (tertiary/aromatic N) is 1. The van der Waals surface area contributed by atoms with Crippen molar-refractivity contribution in [1.82, 2.24) is 0 Å². The predicted molar refractivity (Wildman–Crippen MR) is 89.3 cm³/mol. The molecular weight excluding hydrogens is 310 g/mol. The molecule has 6 heteroatoms. The van der Waals surface area contributed by atoms with Crippen molar-refractivity contribution in [2.75, 3.05) is 16.4 Å². The highest BCUT2D eigenvalue weighted by atomic mass is 32.2. The highest BCUT2D eigenvalue weighted by Gasteiger charge is 2.16. The van der Waals surface area contributed by atoms with Crippen molar-refractivity contribution in [1.29, 1.82) is 5.26 Å². The first-order valence-electron chi connectivity index (χ1n) is 7.00. The van der Waals surface area contributed by atoms with Gasteiger partial charge in [0, 0.05) is 4.90 Å². The number of anilines is 2. The number of carbonyl (C=O) groups excluding carboxylic acids is 2. The molecule has 0 saturated carbocycles. The summed E-state index contributed by atoms with van der Waals surface area (Å²) in [4.78, 5) is 24.6. The summed E-state index contributed by atoms with van der Waals surface area (Å²) in [6.45, 7) is 0. The van der Waals surface area contributed by atoms with E-state index in [1.54, 1.807) is 24.3 Å². The summed E-state index contributed by atoms with van der Waals surface area (Å²) in [5, 5.41) is 14.6. The zero-order chi connectivity index (χ0) is 16.2. The minimum Gasteiger partial charge on any atom is -0.325 e. The summed E-state index contributed by atoms with van der Waals surface area (Å²) in [5.74, 6) is 0.173. The Bertz CT molecular complexity index is 827. The van der Waals surface area contributed by atoms with Gasteiger partial charge in [-0.05, 0) is 29.8 Å². The van der Waals surface area contributed by atoms with E-state index in [2.05, 4.69) is 10.6 Å². The molecule has 0 aromatic heterocycles. The van der Waals surface area contributed by atoms with Gasteiger partial charge in [0.25, 0.3) is 0 Å². The quantitative estimate of drug-likeness (QED) is 0.910. The second kappa shape index (κ2) is 6.55. The summed E-state index contributed by atoms with van der Waals surface area (Å²) in [5.41, 5.74) is 2.48. The Balaban J connectivity index is 1.72. The molecule has 0 unspecified atom stereocenters. The first kappa shape index (κ1) is 15.1. The van der Waals surface area contributed by atoms with E-state index in [0.29, 0.717) is 17.0 Å². The lowest BCUT2D eigenvalue weighted by molar-refractivity contribution is -0.115. The first-order valence-corrected chi connectivity index (χ1v) is 7.99. The Morgan fingerprint density at radius 1 is 1.30 bits per heavy atom. The van der Waals surface area contributed by atoms with Gasteiger partial charge in [-0.1, -0.05) is 18.2 Å². The normalized spacial score (nSPS) is 12.7. The topological polar surface area (TPSA) is 82.0 Å². The van der Waals surface area contributed by atoms with Crippen LogP contribution in [0.3, 0.4) is 0 Å². The van der Waals surface area contributed by atoms with Crippen LogP contribution in [0.15, 0.2) is 47.4 Å². The van der Waals surface area contributed by atoms with Gasteiger partial charge < -0.3 is 10.6 Å². The molecule has 0 bridgehead atoms. The molecule has 1 heterocycles. The van der Waals surface area contributed by atoms with E-state index in [1.807, 2.05) is 24.3 Å². The lowest BCUT2D eigenvalue weighted by Gasteiger charge is -2.17. The van der Waals surface area contributed by atoms with Crippen LogP contribution in [0.4, 0.5) is 11.4 Å². The van der Waals surface area contributed by atoms with Crippen molar-refractivity contribution < 1.29 is 9.59 Å². The molecule has 0 saturated heterocycles. The van der Waals surface area contributed by atoms with Crippen molar-refractivity contribution in [3.8, 4) is 6.07 Å². The third-order valence-electron chi connectivity index (χ3n) is 3.36. The van der Waals surface area contributed by atoms with Gasteiger partial charge in [0.05, 0.1) is 29.1 Å². The number of para-hydroxylation sites is 1. The molecule has 2 amide bonds. The molecule has 23 heavy (non-hydrogen) atoms. The standard InChI is InChI=1S/C17H13N3O2S/c18-9-12-3-1-2-4-13(12)19-16(21)8-11-5-6-15-14(7-11)20-17(22)10-23-15/h1-7H,8,10H2,(H,19,21)(H,20,22). The summed E-state index contributed by atoms with van der Waals surface area (Å²) < 4.78 is 0. The maximum Gasteiger partial charge on any atom is 0.234 e. The summed E-state index contributed by atoms with van der Waals surface area (Å²) in [7, 11) is 0. The van der Waals surface area contributed by atoms with E-state index in [9.17, 15) is 9.59 Å². The van der Waals surface area contributed by atoms with Crippen molar-refractivity contribution in [3.05, 3.63) is 53.6 Å². The number of hydrogen-bond acceptors (Lipinski definition) is 4. The van der Waals surface area contributed by atoms with Crippen LogP contribution in [0.25, 0.3) is 0 Å². The number of thioether (sulfide) groups is 1. The maximum atomic E-state index is 12.2. The van der Waals surface area contributed by atoms with E-state index < -0.39 is 0 Å². The van der Waals surface area contributed by atoms with Crippen LogP contribution in [0.5, 0.6) is 0 Å². The third kappa shape index (κ3) is 3.52. The second-order valence-electron chi connectivity index (χ2n) is 5.05. The minimum absolute atomic E-state index is 0.0351. The number of nitrogens with one attached hydrogen (secondary N) is 2. The second-order valence-corrected chi connectivity index (χ2v) is 6.07. The van der Waals surface area contributed by atoms with E-state index in [1.165, 1.54) is 11.8 Å². The molecule has 1 aliphatic rings. The van der Waals surface area contributed by atoms with E-state index in [-0.39, 0.29) is 18.2 Å². The number of amides is 2. The van der Waals surface area contributed by atoms with Crippen LogP contribution in [0.1, 0.15) is 11.1 Å². The zero-order valence-electron chi connectivity index (χ0n) is 12.1. The van der Waals surface area contributed by atoms with Crippen LogP contribution >= 0.6 is 11.8 Å². The molecular formula is C17H13N3O2S. The fraction of sp³-hybridized carbons (Fsp3) is 0.118. The Kier molecular flexibility index (Phi) is 4.31. The van der Waals surface area contributed by atoms with Gasteiger partial charge in [0.15, 0.2) is 0 Å². The van der Waals surface area contributed by atoms with Crippen LogP contribution < -0.4 is 10.6 Å². The fourth-order valence-corrected chi connectivity index (χ4v) is 3.10. The van der Waals surface area contributed by atoms with Gasteiger partial charge in [-0.25, -0.2) is 0 Å². The molecule has 2 aromatic rings. The maximum absolute atomic E-state index is 12.2. The van der Waals surface area contributed by atoms with Gasteiger partial charge in [-0.3, -0.25) is 9.59 Å². The molecule has 2 N–H and O–H groups in total. The van der Waals surface area contributed by atoms with Crippen molar-refractivity contribution in [2.24, 2.45) is 0 Å². The molecule has 0 spiro atoms. The monoisotopic (exact) mass is 323 g/mol. The molecule has 3 rings (SSSR count). The van der Waals surface area contributed by atoms with Gasteiger partial charge >= 0.3 is 0 Å². The van der Waals surface area contributed by atoms with Crippen LogP contribution in [-0.2, 0) is 16.0 Å². The number of rotatable bonds is 3. The van der Waals surface area contributed by atoms with Gasteiger partial charge in [-0.15, -0.1) is 11.8 Å². The van der Waals surface area contributed by atoms with E-state index in [0.717, 1.165) is 16.1 Å². The Morgan fingerprint density at radius 2 is 2.13 bits per heavy atom. The smallest absolute Gasteiger partial charge is 0.234 e. The average Bonchev–Trinajstić information content (AvgIpc) is 2.55. The largest absolute Gasteiger partial charge is 0.325 e. The number of benzene rings is 2. The minimum atomic E-state index is -0.206. The van der Waals surface area contributed by atoms with E-state index >= 15 is 0 Å². The Labute approximate surface area is 137 Å². The van der Waals surface area contributed by atoms with Gasteiger partial charge in [0.2, 0.25) is 11.8 Å². The average molecular weight is 323 g/mol. The Hall–Kier alpha value is -2.78. The molecule has 0 radical (unpaired) electrons. The molecule has 0 aliphatic carbocycles. The van der Waals surface area contributed by atoms with Crippen LogP contribution in [0, 0.1) is 11.3 Å². The third-order valence-corrected chi connectivity index (χ3v) is 4.44. The number of fused-ring (bicyclic) bond motifs is 1. The van der Waals surface area contributed by atoms with Crippen LogP contribution in [-0.4, -0.2) is 17.6 Å². The summed E-state index contributed by atoms with van der Waals surface area (Å²) in [6, 6.07) is 14.5. The highest BCUT2D eigenvalue weighted by Crippen LogP contribution is 2.32. The van der Waals surface area contributed by atoms with Gasteiger partial charge in [0.1, 0.15) is 6.07 Å². The van der Waals surface area contributed by atoms with Crippen molar-refractivity contribution in [3.63, 3.8) is 0 Å². The fourth-order valence-electron chi connectivity index (χ4n) is 2.31. The lowest BCUT2D eigenvalue weighted by atomic mass is 10.1. The molecule has 0 atom stereocenters. The Morgan fingerprint density at radius 3 is 2.96 bits per heavy atom. The molecule has 5 nitrogen and oxygen atoms in total. The molecule has 114 valence electrons. The lowest BCUT2D eigenvalue weighted by Crippen LogP contribution is -2.19. The van der Waals surface area contributed by atoms with Gasteiger partial charge in [-0.2, -0.15) is 5.26 Å². The first-order chi connectivity index (χ1) is 11.2. The van der Waals surface area contributed by atoms with Crippen molar-refractivity contribution in [2.45, 2.75) is 11.3 Å². The summed E-state index contributed by atoms with van der Waals surface area (Å²) in [6.07, 6.45) is 0.174. The zero-order valence-corrected chi connectivity index (χ0v) is 12.9. The number of carbonyl (C=O) groups is 2. The van der Waals surface area contributed by atoms with Crippen LogP contribution in [0.2, 0.25) is 0 Å². The number of nitriles is 1. The molecule has 1 aliphatic heterocycles. The number of hydrogen-bond donors (Lipinski definition) is 2.